The van der Waals surface area contributed by atoms with Crippen LogP contribution in [-0.2, 0) is 0 Å². The van der Waals surface area contributed by atoms with Crippen LogP contribution in [-0.4, -0.2) is 7.28 Å². The summed E-state index contributed by atoms with van der Waals surface area (Å²) in [6.45, 7) is 0. The van der Waals surface area contributed by atoms with Crippen molar-refractivity contribution in [3.63, 3.8) is 0 Å². The van der Waals surface area contributed by atoms with Crippen LogP contribution in [0.25, 0.3) is 0 Å². The van der Waals surface area contributed by atoms with E-state index in [-0.39, 0.29) is 0 Å². The maximum atomic E-state index is 1.62. The SMILES string of the molecule is B1C2CCC3C4CCCC4CCCC3C12. The van der Waals surface area contributed by atoms with Crippen molar-refractivity contribution in [2.75, 3.05) is 0 Å². The van der Waals surface area contributed by atoms with E-state index in [4.69, 9.17) is 0 Å². The Morgan fingerprint density at radius 1 is 0.667 bits per heavy atom. The molecule has 1 saturated heterocycles. The first-order valence-corrected chi connectivity index (χ1v) is 7.43. The fourth-order valence-corrected chi connectivity index (χ4v) is 5.63. The Bertz CT molecular complexity index is 260. The average Bonchev–Trinajstić information content (AvgIpc) is 2.94. The zero-order valence-electron chi connectivity index (χ0n) is 9.83. The largest absolute Gasteiger partial charge is 0.126 e. The van der Waals surface area contributed by atoms with Crippen molar-refractivity contribution in [3.8, 4) is 0 Å². The molecule has 1 aliphatic heterocycles. The highest BCUT2D eigenvalue weighted by Gasteiger charge is 2.53. The molecule has 0 aromatic heterocycles. The molecule has 3 saturated carbocycles. The first-order valence-electron chi connectivity index (χ1n) is 7.43. The molecule has 0 amide bonds. The van der Waals surface area contributed by atoms with Gasteiger partial charge in [-0.15, -0.1) is 0 Å². The summed E-state index contributed by atoms with van der Waals surface area (Å²) in [5, 5.41) is 0. The van der Waals surface area contributed by atoms with Crippen LogP contribution in [0, 0.1) is 23.7 Å². The summed E-state index contributed by atoms with van der Waals surface area (Å²) in [6, 6.07) is 0. The lowest BCUT2D eigenvalue weighted by atomic mass is 9.69. The molecule has 82 valence electrons. The lowest BCUT2D eigenvalue weighted by Gasteiger charge is -2.36. The fourth-order valence-electron chi connectivity index (χ4n) is 5.63. The molecule has 4 rings (SSSR count). The van der Waals surface area contributed by atoms with Crippen LogP contribution >= 0.6 is 0 Å². The number of rotatable bonds is 0. The Morgan fingerprint density at radius 2 is 1.47 bits per heavy atom. The molecule has 0 bridgehead atoms. The van der Waals surface area contributed by atoms with Crippen LogP contribution in [0.1, 0.15) is 51.4 Å². The first-order chi connectivity index (χ1) is 7.43. The molecule has 4 aliphatic rings. The summed E-state index contributed by atoms with van der Waals surface area (Å²) in [7, 11) is 1.62. The molecule has 0 radical (unpaired) electrons. The molecule has 0 nitrogen and oxygen atoms in total. The van der Waals surface area contributed by atoms with Crippen LogP contribution in [0.4, 0.5) is 0 Å². The minimum atomic E-state index is 1.16. The Kier molecular flexibility index (Phi) is 2.00. The highest BCUT2D eigenvalue weighted by Crippen LogP contribution is 2.63. The molecule has 6 unspecified atom stereocenters. The smallest absolute Gasteiger partial charge is 0.0690 e. The van der Waals surface area contributed by atoms with Gasteiger partial charge in [0.15, 0.2) is 0 Å². The molecular formula is C14H23B. The van der Waals surface area contributed by atoms with Crippen LogP contribution in [0.15, 0.2) is 0 Å². The van der Waals surface area contributed by atoms with Crippen LogP contribution in [0.2, 0.25) is 11.6 Å². The van der Waals surface area contributed by atoms with Crippen LogP contribution in [0.5, 0.6) is 0 Å². The monoisotopic (exact) mass is 202 g/mol. The highest BCUT2D eigenvalue weighted by molar-refractivity contribution is 6.54. The second-order valence-electron chi connectivity index (χ2n) is 6.85. The zero-order chi connectivity index (χ0) is 9.83. The van der Waals surface area contributed by atoms with E-state index in [2.05, 4.69) is 0 Å². The van der Waals surface area contributed by atoms with Gasteiger partial charge >= 0.3 is 0 Å². The minimum absolute atomic E-state index is 1.16. The fraction of sp³-hybridized carbons (Fsp3) is 1.00. The van der Waals surface area contributed by atoms with E-state index < -0.39 is 0 Å². The Balaban J connectivity index is 1.62. The van der Waals surface area contributed by atoms with E-state index in [1.54, 1.807) is 58.6 Å². The van der Waals surface area contributed by atoms with Crippen molar-refractivity contribution < 1.29 is 0 Å². The van der Waals surface area contributed by atoms with Gasteiger partial charge in [0, 0.05) is 0 Å². The van der Waals surface area contributed by atoms with Crippen molar-refractivity contribution in [3.05, 3.63) is 0 Å². The third kappa shape index (κ3) is 1.34. The van der Waals surface area contributed by atoms with E-state index in [1.807, 2.05) is 0 Å². The van der Waals surface area contributed by atoms with Gasteiger partial charge in [0.25, 0.3) is 0 Å². The van der Waals surface area contributed by atoms with E-state index in [9.17, 15) is 0 Å². The first kappa shape index (κ1) is 9.13. The summed E-state index contributed by atoms with van der Waals surface area (Å²) in [5.41, 5.74) is 0. The van der Waals surface area contributed by atoms with Gasteiger partial charge in [-0.2, -0.15) is 0 Å². The summed E-state index contributed by atoms with van der Waals surface area (Å²) in [6.07, 6.45) is 12.7. The van der Waals surface area contributed by atoms with E-state index in [1.165, 1.54) is 29.4 Å². The van der Waals surface area contributed by atoms with Crippen molar-refractivity contribution in [1.29, 1.82) is 0 Å². The van der Waals surface area contributed by atoms with Crippen LogP contribution < -0.4 is 0 Å². The number of hydrogen-bond donors (Lipinski definition) is 0. The Labute approximate surface area is 94.4 Å². The van der Waals surface area contributed by atoms with Gasteiger partial charge in [-0.3, -0.25) is 0 Å². The summed E-state index contributed by atoms with van der Waals surface area (Å²) >= 11 is 0. The molecule has 3 aliphatic carbocycles. The topological polar surface area (TPSA) is 0 Å². The molecule has 1 heterocycles. The summed E-state index contributed by atoms with van der Waals surface area (Å²) in [4.78, 5) is 0. The molecule has 0 aromatic rings. The van der Waals surface area contributed by atoms with Gasteiger partial charge in [-0.1, -0.05) is 56.6 Å². The van der Waals surface area contributed by atoms with Gasteiger partial charge in [0.1, 0.15) is 7.28 Å². The summed E-state index contributed by atoms with van der Waals surface area (Å²) < 4.78 is 0. The van der Waals surface area contributed by atoms with Gasteiger partial charge in [-0.25, -0.2) is 0 Å². The maximum absolute atomic E-state index is 1.62. The Morgan fingerprint density at radius 3 is 2.33 bits per heavy atom. The predicted octanol–water partition coefficient (Wildman–Crippen LogP) is 3.64. The second kappa shape index (κ2) is 3.28. The molecule has 15 heavy (non-hydrogen) atoms. The van der Waals surface area contributed by atoms with E-state index in [0.29, 0.717) is 0 Å². The molecular weight excluding hydrogens is 179 g/mol. The second-order valence-corrected chi connectivity index (χ2v) is 6.85. The van der Waals surface area contributed by atoms with Crippen molar-refractivity contribution in [1.82, 2.24) is 0 Å². The molecule has 4 fully saturated rings. The molecule has 1 heteroatoms. The van der Waals surface area contributed by atoms with Gasteiger partial charge < -0.3 is 0 Å². The normalized spacial score (nSPS) is 57.1. The molecule has 0 spiro atoms. The number of fused-ring (bicyclic) bond motifs is 5. The Hall–Kier alpha value is 0.0649. The average molecular weight is 202 g/mol. The van der Waals surface area contributed by atoms with Crippen LogP contribution in [0.3, 0.4) is 0 Å². The zero-order valence-corrected chi connectivity index (χ0v) is 9.83. The maximum Gasteiger partial charge on any atom is 0.126 e. The third-order valence-electron chi connectivity index (χ3n) is 6.33. The summed E-state index contributed by atoms with van der Waals surface area (Å²) in [5.74, 6) is 7.13. The lowest BCUT2D eigenvalue weighted by molar-refractivity contribution is 0.163. The molecule has 0 N–H and O–H groups in total. The van der Waals surface area contributed by atoms with Crippen molar-refractivity contribution >= 4 is 7.28 Å². The van der Waals surface area contributed by atoms with Gasteiger partial charge in [0.2, 0.25) is 0 Å². The molecule has 6 atom stereocenters. The lowest BCUT2D eigenvalue weighted by Crippen LogP contribution is -2.26. The van der Waals surface area contributed by atoms with Crippen molar-refractivity contribution in [2.24, 2.45) is 23.7 Å². The van der Waals surface area contributed by atoms with Gasteiger partial charge in [-0.05, 0) is 30.1 Å². The van der Waals surface area contributed by atoms with E-state index in [0.717, 1.165) is 5.92 Å². The quantitative estimate of drug-likeness (QED) is 0.526. The standard InChI is InChI=1S/C14H23B/c1-3-9-4-2-6-12-11(10(9)5-1)7-8-13-14(12)15-13/h9-15H,1-8H2. The van der Waals surface area contributed by atoms with Crippen molar-refractivity contribution in [2.45, 2.75) is 63.0 Å². The van der Waals surface area contributed by atoms with Gasteiger partial charge in [0.05, 0.1) is 0 Å². The minimum Gasteiger partial charge on any atom is -0.0690 e. The molecule has 0 aromatic carbocycles. The third-order valence-corrected chi connectivity index (χ3v) is 6.33. The number of hydrogen-bond acceptors (Lipinski definition) is 0. The van der Waals surface area contributed by atoms with E-state index >= 15 is 0 Å². The predicted molar refractivity (Wildman–Crippen MR) is 65.5 cm³/mol. The highest BCUT2D eigenvalue weighted by atomic mass is 14.5.